The Bertz CT molecular complexity index is 1410. The number of aliphatic hydroxyl groups excluding tert-OH is 1. The van der Waals surface area contributed by atoms with E-state index in [1.165, 1.54) is 0 Å². The number of amides is 2. The maximum atomic E-state index is 14.6. The standard InChI is InChI=1S/C37H42N4O4/c42-26-28-18-20-40(35(28)36(45)39-24-27-11-10-19-38-23-27)33-21-32(43)25-41(33)34(44)22-37(29-12-4-1-5-13-29,30-14-6-2-7-15-30)31-16-8-3-9-17-31/h1-9,12-17,27,32-33,35,38,43H,10-11,18-25H2,(H,39,45)/t27-,32+,33-,35+/m0/s1. The average molecular weight is 607 g/mol. The number of benzene rings is 3. The van der Waals surface area contributed by atoms with Gasteiger partial charge in [-0.05, 0) is 55.0 Å². The summed E-state index contributed by atoms with van der Waals surface area (Å²) in [7, 11) is 0. The van der Waals surface area contributed by atoms with E-state index < -0.39 is 23.7 Å². The van der Waals surface area contributed by atoms with Crippen LogP contribution in [0.1, 0.15) is 48.8 Å². The molecule has 8 heteroatoms. The van der Waals surface area contributed by atoms with E-state index in [9.17, 15) is 19.5 Å². The van der Waals surface area contributed by atoms with Crippen molar-refractivity contribution >= 4 is 17.8 Å². The van der Waals surface area contributed by atoms with Gasteiger partial charge in [0.25, 0.3) is 0 Å². The molecule has 0 aromatic heterocycles. The fourth-order valence-electron chi connectivity index (χ4n) is 7.57. The average Bonchev–Trinajstić information content (AvgIpc) is 3.71. The van der Waals surface area contributed by atoms with Crippen LogP contribution in [0.25, 0.3) is 0 Å². The Kier molecular flexibility index (Phi) is 9.57. The first-order valence-corrected chi connectivity index (χ1v) is 16.1. The van der Waals surface area contributed by atoms with Crippen LogP contribution in [-0.4, -0.2) is 83.7 Å². The number of hydrogen-bond acceptors (Lipinski definition) is 6. The van der Waals surface area contributed by atoms with Crippen molar-refractivity contribution in [3.8, 4) is 0 Å². The van der Waals surface area contributed by atoms with Crippen molar-refractivity contribution in [1.29, 1.82) is 0 Å². The van der Waals surface area contributed by atoms with E-state index in [0.29, 0.717) is 37.4 Å². The molecule has 3 aromatic carbocycles. The van der Waals surface area contributed by atoms with Crippen LogP contribution in [0.3, 0.4) is 0 Å². The van der Waals surface area contributed by atoms with Crippen molar-refractivity contribution in [2.45, 2.75) is 55.8 Å². The number of likely N-dealkylation sites (tertiary alicyclic amines) is 2. The Labute approximate surface area is 265 Å². The third-order valence-corrected chi connectivity index (χ3v) is 9.81. The Hall–Kier alpha value is -4.07. The number of hydrogen-bond donors (Lipinski definition) is 3. The summed E-state index contributed by atoms with van der Waals surface area (Å²) in [5, 5.41) is 17.4. The van der Waals surface area contributed by atoms with E-state index in [1.54, 1.807) is 4.90 Å². The van der Waals surface area contributed by atoms with Crippen molar-refractivity contribution in [2.75, 3.05) is 32.7 Å². The molecule has 45 heavy (non-hydrogen) atoms. The van der Waals surface area contributed by atoms with Crippen LogP contribution in [0.15, 0.2) is 96.6 Å². The third-order valence-electron chi connectivity index (χ3n) is 9.81. The molecular formula is C37H42N4O4. The van der Waals surface area contributed by atoms with Gasteiger partial charge in [-0.15, -0.1) is 0 Å². The number of carbonyl (C=O) groups excluding carboxylic acids is 3. The monoisotopic (exact) mass is 606 g/mol. The lowest BCUT2D eigenvalue weighted by molar-refractivity contribution is -0.139. The number of aliphatic hydroxyl groups is 1. The van der Waals surface area contributed by atoms with E-state index in [4.69, 9.17) is 0 Å². The summed E-state index contributed by atoms with van der Waals surface area (Å²) in [6, 6.07) is 29.4. The molecule has 8 nitrogen and oxygen atoms in total. The zero-order chi connectivity index (χ0) is 31.2. The first-order chi connectivity index (χ1) is 22.0. The molecule has 0 saturated carbocycles. The number of piperidine rings is 1. The van der Waals surface area contributed by atoms with Crippen LogP contribution in [-0.2, 0) is 19.8 Å². The maximum absolute atomic E-state index is 14.6. The number of carbonyl (C=O) groups is 2. The minimum atomic E-state index is -0.813. The zero-order valence-corrected chi connectivity index (χ0v) is 25.6. The highest BCUT2D eigenvalue weighted by Crippen LogP contribution is 2.43. The molecule has 0 bridgehead atoms. The molecule has 4 atom stereocenters. The van der Waals surface area contributed by atoms with Gasteiger partial charge < -0.3 is 20.6 Å². The Balaban J connectivity index is 1.32. The van der Waals surface area contributed by atoms with Crippen molar-refractivity contribution < 1.29 is 19.5 Å². The molecule has 3 aliphatic heterocycles. The summed E-state index contributed by atoms with van der Waals surface area (Å²) < 4.78 is 0. The van der Waals surface area contributed by atoms with Gasteiger partial charge in [0.05, 0.1) is 17.7 Å². The zero-order valence-electron chi connectivity index (χ0n) is 25.6. The summed E-state index contributed by atoms with van der Waals surface area (Å²) in [4.78, 5) is 44.0. The quantitative estimate of drug-likeness (QED) is 0.255. The number of nitrogens with zero attached hydrogens (tertiary/aromatic N) is 2. The van der Waals surface area contributed by atoms with E-state index in [0.717, 1.165) is 42.6 Å². The van der Waals surface area contributed by atoms with Crippen LogP contribution >= 0.6 is 0 Å². The highest BCUT2D eigenvalue weighted by atomic mass is 16.3. The molecule has 0 unspecified atom stereocenters. The molecule has 3 saturated heterocycles. The van der Waals surface area contributed by atoms with E-state index >= 15 is 0 Å². The van der Waals surface area contributed by atoms with Gasteiger partial charge in [0.15, 0.2) is 0 Å². The predicted octanol–water partition coefficient (Wildman–Crippen LogP) is 3.28. The molecule has 234 valence electrons. The minimum absolute atomic E-state index is 0.121. The smallest absolute Gasteiger partial charge is 0.242 e. The highest BCUT2D eigenvalue weighted by molar-refractivity contribution is 5.88. The van der Waals surface area contributed by atoms with E-state index in [-0.39, 0.29) is 24.8 Å². The summed E-state index contributed by atoms with van der Waals surface area (Å²) >= 11 is 0. The van der Waals surface area contributed by atoms with Crippen LogP contribution in [0.2, 0.25) is 0 Å². The molecule has 3 heterocycles. The maximum Gasteiger partial charge on any atom is 0.242 e. The second kappa shape index (κ2) is 13.9. The Morgan fingerprint density at radius 2 is 1.53 bits per heavy atom. The van der Waals surface area contributed by atoms with Gasteiger partial charge in [0.2, 0.25) is 11.8 Å². The van der Waals surface area contributed by atoms with Gasteiger partial charge in [-0.3, -0.25) is 14.5 Å². The largest absolute Gasteiger partial charge is 0.391 e. The molecule has 3 aromatic rings. The van der Waals surface area contributed by atoms with Gasteiger partial charge in [-0.2, -0.15) is 0 Å². The summed E-state index contributed by atoms with van der Waals surface area (Å²) in [6.45, 7) is 2.99. The molecule has 6 rings (SSSR count). The lowest BCUT2D eigenvalue weighted by Crippen LogP contribution is -2.55. The molecule has 2 amide bonds. The normalized spacial score (nSPS) is 23.9. The van der Waals surface area contributed by atoms with Crippen LogP contribution in [0.4, 0.5) is 0 Å². The van der Waals surface area contributed by atoms with Crippen molar-refractivity contribution in [3.05, 3.63) is 113 Å². The fourth-order valence-corrected chi connectivity index (χ4v) is 7.57. The van der Waals surface area contributed by atoms with Crippen LogP contribution in [0, 0.1) is 5.92 Å². The van der Waals surface area contributed by atoms with Crippen molar-refractivity contribution in [3.63, 3.8) is 0 Å². The summed E-state index contributed by atoms with van der Waals surface area (Å²) in [5.74, 6) is 2.01. The number of β-amino-alcohol motifs (C(OH)–C–C–N with tert-alkyl or cyclic N) is 1. The lowest BCUT2D eigenvalue weighted by Gasteiger charge is -2.40. The molecule has 0 radical (unpaired) electrons. The van der Waals surface area contributed by atoms with Gasteiger partial charge in [0, 0.05) is 38.0 Å². The second-order valence-electron chi connectivity index (χ2n) is 12.6. The predicted molar refractivity (Wildman–Crippen MR) is 173 cm³/mol. The van der Waals surface area contributed by atoms with Gasteiger partial charge in [0.1, 0.15) is 12.0 Å². The Morgan fingerprint density at radius 3 is 2.07 bits per heavy atom. The summed E-state index contributed by atoms with van der Waals surface area (Å²) in [5.41, 5.74) is 2.59. The number of nitrogens with one attached hydrogen (secondary N) is 2. The SMILES string of the molecule is O=C=C1CCN([C@@H]2C[C@@H](O)CN2C(=O)CC(c2ccccc2)(c2ccccc2)c2ccccc2)[C@H]1C(=O)NC[C@H]1CCCNC1. The van der Waals surface area contributed by atoms with Gasteiger partial charge >= 0.3 is 0 Å². The lowest BCUT2D eigenvalue weighted by atomic mass is 9.67. The number of rotatable bonds is 9. The molecule has 3 fully saturated rings. The Morgan fingerprint density at radius 1 is 0.933 bits per heavy atom. The molecule has 0 spiro atoms. The molecule has 0 aliphatic carbocycles. The van der Waals surface area contributed by atoms with Crippen LogP contribution < -0.4 is 10.6 Å². The minimum Gasteiger partial charge on any atom is -0.391 e. The third kappa shape index (κ3) is 6.37. The molecule has 3 N–H and O–H groups in total. The second-order valence-corrected chi connectivity index (χ2v) is 12.6. The van der Waals surface area contributed by atoms with E-state index in [2.05, 4.69) is 47.0 Å². The van der Waals surface area contributed by atoms with E-state index in [1.807, 2.05) is 65.4 Å². The van der Waals surface area contributed by atoms with Crippen molar-refractivity contribution in [2.24, 2.45) is 5.92 Å². The van der Waals surface area contributed by atoms with Gasteiger partial charge in [-0.1, -0.05) is 91.0 Å². The first-order valence-electron chi connectivity index (χ1n) is 16.1. The van der Waals surface area contributed by atoms with Crippen LogP contribution in [0.5, 0.6) is 0 Å². The van der Waals surface area contributed by atoms with Gasteiger partial charge in [-0.25, -0.2) is 4.79 Å². The molecule has 3 aliphatic rings. The topological polar surface area (TPSA) is 102 Å². The fraction of sp³-hybridized carbons (Fsp3) is 0.405. The first kappa shape index (κ1) is 30.9. The summed E-state index contributed by atoms with van der Waals surface area (Å²) in [6.07, 6.45) is 1.70. The molecular weight excluding hydrogens is 564 g/mol. The highest BCUT2D eigenvalue weighted by Gasteiger charge is 2.48. The van der Waals surface area contributed by atoms with Crippen molar-refractivity contribution in [1.82, 2.24) is 20.4 Å².